The number of piperidine rings is 1. The Bertz CT molecular complexity index is 229. The van der Waals surface area contributed by atoms with E-state index in [-0.39, 0.29) is 0 Å². The molecule has 0 unspecified atom stereocenters. The summed E-state index contributed by atoms with van der Waals surface area (Å²) in [5.74, 6) is 0.915. The molecule has 4 nitrogen and oxygen atoms in total. The fourth-order valence-electron chi connectivity index (χ4n) is 1.54. The normalized spacial score (nSPS) is 19.1. The largest absolute Gasteiger partial charge is 0.370 e. The summed E-state index contributed by atoms with van der Waals surface area (Å²) in [7, 11) is 0. The molecule has 0 aliphatic carbocycles. The maximum atomic E-state index is 5.69. The second-order valence-electron chi connectivity index (χ2n) is 3.30. The number of nitrogens with one attached hydrogen (secondary N) is 2. The van der Waals surface area contributed by atoms with Gasteiger partial charge in [-0.15, -0.1) is 0 Å². The highest BCUT2D eigenvalue weighted by atomic mass is 16.5. The van der Waals surface area contributed by atoms with E-state index in [1.165, 1.54) is 0 Å². The van der Waals surface area contributed by atoms with Crippen LogP contribution in [0.5, 0.6) is 0 Å². The summed E-state index contributed by atoms with van der Waals surface area (Å²) in [6.45, 7) is 2.75. The van der Waals surface area contributed by atoms with Crippen LogP contribution < -0.4 is 5.32 Å². The molecule has 0 amide bonds. The van der Waals surface area contributed by atoms with Crippen LogP contribution in [-0.4, -0.2) is 29.2 Å². The summed E-state index contributed by atoms with van der Waals surface area (Å²) in [6, 6.07) is 0. The molecule has 72 valence electrons. The number of nitrogens with zero attached hydrogens (tertiary/aromatic N) is 1. The molecule has 2 N–H and O–H groups in total. The Labute approximate surface area is 77.7 Å². The lowest BCUT2D eigenvalue weighted by Gasteiger charge is -2.22. The van der Waals surface area contributed by atoms with Gasteiger partial charge < -0.3 is 15.0 Å². The van der Waals surface area contributed by atoms with Crippen LogP contribution in [0.15, 0.2) is 12.4 Å². The quantitative estimate of drug-likeness (QED) is 0.721. The van der Waals surface area contributed by atoms with E-state index in [4.69, 9.17) is 4.74 Å². The SMILES string of the molecule is c1c[nH]c(COC2CCNCC2)n1. The number of imidazole rings is 1. The number of ether oxygens (including phenoxy) is 1. The molecule has 13 heavy (non-hydrogen) atoms. The maximum absolute atomic E-state index is 5.69. The molecule has 4 heteroatoms. The highest BCUT2D eigenvalue weighted by Gasteiger charge is 2.13. The highest BCUT2D eigenvalue weighted by Crippen LogP contribution is 2.08. The molecule has 2 rings (SSSR count). The third-order valence-corrected chi connectivity index (χ3v) is 2.30. The van der Waals surface area contributed by atoms with Crippen LogP contribution in [0.1, 0.15) is 18.7 Å². The van der Waals surface area contributed by atoms with Gasteiger partial charge in [0.15, 0.2) is 0 Å². The molecule has 1 fully saturated rings. The van der Waals surface area contributed by atoms with E-state index in [0.717, 1.165) is 31.8 Å². The third kappa shape index (κ3) is 2.54. The number of rotatable bonds is 3. The Kier molecular flexibility index (Phi) is 2.94. The van der Waals surface area contributed by atoms with E-state index < -0.39 is 0 Å². The number of H-pyrrole nitrogens is 1. The van der Waals surface area contributed by atoms with E-state index in [0.29, 0.717) is 12.7 Å². The molecule has 1 aliphatic heterocycles. The van der Waals surface area contributed by atoms with Crippen molar-refractivity contribution in [2.45, 2.75) is 25.6 Å². The molecule has 1 aromatic rings. The lowest BCUT2D eigenvalue weighted by Crippen LogP contribution is -2.32. The summed E-state index contributed by atoms with van der Waals surface area (Å²) in [4.78, 5) is 7.13. The van der Waals surface area contributed by atoms with Crippen molar-refractivity contribution in [1.29, 1.82) is 0 Å². The predicted octanol–water partition coefficient (Wildman–Crippen LogP) is 0.678. The van der Waals surface area contributed by atoms with Crippen molar-refractivity contribution in [2.75, 3.05) is 13.1 Å². The first kappa shape index (κ1) is 8.72. The summed E-state index contributed by atoms with van der Waals surface area (Å²) in [5.41, 5.74) is 0. The summed E-state index contributed by atoms with van der Waals surface area (Å²) in [6.07, 6.45) is 6.20. The minimum absolute atomic E-state index is 0.409. The number of hydrogen-bond donors (Lipinski definition) is 2. The second kappa shape index (κ2) is 4.39. The Morgan fingerprint density at radius 1 is 1.46 bits per heavy atom. The fourth-order valence-corrected chi connectivity index (χ4v) is 1.54. The molecular weight excluding hydrogens is 166 g/mol. The van der Waals surface area contributed by atoms with Crippen molar-refractivity contribution in [1.82, 2.24) is 15.3 Å². The second-order valence-corrected chi connectivity index (χ2v) is 3.30. The van der Waals surface area contributed by atoms with Crippen LogP contribution >= 0.6 is 0 Å². The van der Waals surface area contributed by atoms with Gasteiger partial charge in [-0.25, -0.2) is 4.98 Å². The van der Waals surface area contributed by atoms with Gasteiger partial charge in [0.2, 0.25) is 0 Å². The van der Waals surface area contributed by atoms with Crippen LogP contribution in [0, 0.1) is 0 Å². The molecule has 1 aromatic heterocycles. The zero-order chi connectivity index (χ0) is 8.93. The van der Waals surface area contributed by atoms with Gasteiger partial charge in [0.25, 0.3) is 0 Å². The molecule has 2 heterocycles. The molecular formula is C9H15N3O. The van der Waals surface area contributed by atoms with E-state index in [1.54, 1.807) is 6.20 Å². The van der Waals surface area contributed by atoms with Crippen molar-refractivity contribution < 1.29 is 4.74 Å². The summed E-state index contributed by atoms with van der Waals surface area (Å²) >= 11 is 0. The lowest BCUT2D eigenvalue weighted by molar-refractivity contribution is 0.0181. The van der Waals surface area contributed by atoms with Crippen LogP contribution in [0.2, 0.25) is 0 Å². The zero-order valence-electron chi connectivity index (χ0n) is 7.62. The number of aromatic nitrogens is 2. The molecule has 0 bridgehead atoms. The van der Waals surface area contributed by atoms with E-state index in [1.807, 2.05) is 6.20 Å². The average Bonchev–Trinajstić information content (AvgIpc) is 2.69. The maximum Gasteiger partial charge on any atom is 0.132 e. The van der Waals surface area contributed by atoms with Gasteiger partial charge in [-0.05, 0) is 25.9 Å². The molecule has 1 saturated heterocycles. The van der Waals surface area contributed by atoms with Crippen molar-refractivity contribution in [3.05, 3.63) is 18.2 Å². The zero-order valence-corrected chi connectivity index (χ0v) is 7.62. The van der Waals surface area contributed by atoms with Crippen LogP contribution in [0.4, 0.5) is 0 Å². The first-order valence-electron chi connectivity index (χ1n) is 4.76. The van der Waals surface area contributed by atoms with Crippen molar-refractivity contribution >= 4 is 0 Å². The Balaban J connectivity index is 1.72. The summed E-state index contributed by atoms with van der Waals surface area (Å²) in [5, 5.41) is 3.30. The van der Waals surface area contributed by atoms with Crippen LogP contribution in [0.3, 0.4) is 0 Å². The third-order valence-electron chi connectivity index (χ3n) is 2.30. The number of hydrogen-bond acceptors (Lipinski definition) is 3. The van der Waals surface area contributed by atoms with Gasteiger partial charge in [-0.3, -0.25) is 0 Å². The Hall–Kier alpha value is -0.870. The highest BCUT2D eigenvalue weighted by molar-refractivity contribution is 4.84. The molecule has 1 aliphatic rings. The van der Waals surface area contributed by atoms with Crippen molar-refractivity contribution in [3.63, 3.8) is 0 Å². The fraction of sp³-hybridized carbons (Fsp3) is 0.667. The lowest BCUT2D eigenvalue weighted by atomic mass is 10.1. The minimum atomic E-state index is 0.409. The van der Waals surface area contributed by atoms with Gasteiger partial charge in [0.1, 0.15) is 12.4 Å². The van der Waals surface area contributed by atoms with Gasteiger partial charge >= 0.3 is 0 Å². The standard InChI is InChI=1S/C9H15N3O/c1-3-10-4-2-8(1)13-7-9-11-5-6-12-9/h5-6,8,10H,1-4,7H2,(H,11,12). The Morgan fingerprint density at radius 3 is 3.00 bits per heavy atom. The van der Waals surface area contributed by atoms with Gasteiger partial charge in [-0.1, -0.05) is 0 Å². The van der Waals surface area contributed by atoms with Gasteiger partial charge in [0.05, 0.1) is 6.10 Å². The topological polar surface area (TPSA) is 49.9 Å². The van der Waals surface area contributed by atoms with E-state index in [9.17, 15) is 0 Å². The monoisotopic (exact) mass is 181 g/mol. The number of aromatic amines is 1. The molecule has 0 aromatic carbocycles. The van der Waals surface area contributed by atoms with Crippen LogP contribution in [-0.2, 0) is 11.3 Å². The van der Waals surface area contributed by atoms with Crippen LogP contribution in [0.25, 0.3) is 0 Å². The van der Waals surface area contributed by atoms with Gasteiger partial charge in [-0.2, -0.15) is 0 Å². The predicted molar refractivity (Wildman–Crippen MR) is 49.3 cm³/mol. The first-order valence-corrected chi connectivity index (χ1v) is 4.76. The summed E-state index contributed by atoms with van der Waals surface area (Å²) < 4.78 is 5.69. The van der Waals surface area contributed by atoms with Gasteiger partial charge in [0, 0.05) is 12.4 Å². The molecule has 0 saturated carbocycles. The molecule has 0 spiro atoms. The molecule has 0 atom stereocenters. The smallest absolute Gasteiger partial charge is 0.132 e. The van der Waals surface area contributed by atoms with E-state index in [2.05, 4.69) is 15.3 Å². The first-order chi connectivity index (χ1) is 6.45. The van der Waals surface area contributed by atoms with E-state index >= 15 is 0 Å². The average molecular weight is 181 g/mol. The molecule has 0 radical (unpaired) electrons. The van der Waals surface area contributed by atoms with Crippen molar-refractivity contribution in [2.24, 2.45) is 0 Å². The van der Waals surface area contributed by atoms with Crippen molar-refractivity contribution in [3.8, 4) is 0 Å². The Morgan fingerprint density at radius 2 is 2.31 bits per heavy atom. The minimum Gasteiger partial charge on any atom is -0.370 e.